The van der Waals surface area contributed by atoms with E-state index in [2.05, 4.69) is 15.4 Å². The van der Waals surface area contributed by atoms with Gasteiger partial charge in [-0.3, -0.25) is 4.79 Å². The van der Waals surface area contributed by atoms with E-state index in [4.69, 9.17) is 17.3 Å². The molecule has 1 atom stereocenters. The molecule has 2 aromatic heterocycles. The van der Waals surface area contributed by atoms with E-state index in [1.165, 1.54) is 17.1 Å². The van der Waals surface area contributed by atoms with Crippen LogP contribution in [-0.4, -0.2) is 33.3 Å². The Labute approximate surface area is 173 Å². The van der Waals surface area contributed by atoms with Gasteiger partial charge in [0.05, 0.1) is 10.4 Å². The summed E-state index contributed by atoms with van der Waals surface area (Å²) in [4.78, 5) is 17.1. The third-order valence-electron chi connectivity index (χ3n) is 4.22. The topological polar surface area (TPSA) is 85.8 Å². The maximum absolute atomic E-state index is 12.9. The number of nitrogens with one attached hydrogen (secondary N) is 1. The minimum Gasteiger partial charge on any atom is -0.347 e. The number of aryl methyl sites for hydroxylation is 1. The minimum absolute atomic E-state index is 0.0667. The molecule has 0 saturated heterocycles. The summed E-state index contributed by atoms with van der Waals surface area (Å²) >= 11 is 7.32. The largest absolute Gasteiger partial charge is 0.416 e. The Bertz CT molecular complexity index is 1020. The van der Waals surface area contributed by atoms with Gasteiger partial charge < -0.3 is 11.1 Å². The average molecular weight is 444 g/mol. The molecular formula is C18H17ClF3N5OS. The van der Waals surface area contributed by atoms with Gasteiger partial charge in [0, 0.05) is 25.2 Å². The molecule has 154 valence electrons. The number of halogens is 4. The highest BCUT2D eigenvalue weighted by Gasteiger charge is 2.30. The van der Waals surface area contributed by atoms with Gasteiger partial charge in [0.15, 0.2) is 5.82 Å². The fraction of sp³-hybridized carbons (Fsp3) is 0.278. The number of carbonyl (C=O) groups excluding carboxylic acids is 1. The van der Waals surface area contributed by atoms with Gasteiger partial charge in [0.1, 0.15) is 10.7 Å². The first-order chi connectivity index (χ1) is 13.7. The molecule has 2 heterocycles. The molecule has 29 heavy (non-hydrogen) atoms. The van der Waals surface area contributed by atoms with Crippen molar-refractivity contribution in [1.29, 1.82) is 0 Å². The number of benzene rings is 1. The Morgan fingerprint density at radius 2 is 2.14 bits per heavy atom. The summed E-state index contributed by atoms with van der Waals surface area (Å²) in [5, 5.41) is 6.73. The molecule has 6 nitrogen and oxygen atoms in total. The van der Waals surface area contributed by atoms with Gasteiger partial charge in [0.25, 0.3) is 5.91 Å². The second-order valence-electron chi connectivity index (χ2n) is 6.31. The highest BCUT2D eigenvalue weighted by atomic mass is 35.5. The number of thiophene rings is 1. The zero-order chi connectivity index (χ0) is 21.2. The Balaban J connectivity index is 1.73. The molecule has 0 spiro atoms. The predicted molar refractivity (Wildman–Crippen MR) is 105 cm³/mol. The zero-order valence-electron chi connectivity index (χ0n) is 15.2. The number of hydrogen-bond donors (Lipinski definition) is 2. The lowest BCUT2D eigenvalue weighted by atomic mass is 10.0. The summed E-state index contributed by atoms with van der Waals surface area (Å²) in [6.07, 6.45) is -2.88. The van der Waals surface area contributed by atoms with Crippen molar-refractivity contribution in [3.8, 4) is 11.4 Å². The smallest absolute Gasteiger partial charge is 0.347 e. The normalized spacial score (nSPS) is 12.8. The fourth-order valence-electron chi connectivity index (χ4n) is 2.78. The summed E-state index contributed by atoms with van der Waals surface area (Å²) in [6.45, 7) is 0.0667. The van der Waals surface area contributed by atoms with E-state index in [0.29, 0.717) is 26.2 Å². The van der Waals surface area contributed by atoms with Crippen molar-refractivity contribution in [3.05, 3.63) is 57.0 Å². The van der Waals surface area contributed by atoms with Crippen molar-refractivity contribution >= 4 is 28.8 Å². The lowest BCUT2D eigenvalue weighted by Gasteiger charge is -2.17. The third kappa shape index (κ3) is 4.95. The van der Waals surface area contributed by atoms with E-state index < -0.39 is 23.7 Å². The Hall–Kier alpha value is -2.43. The molecule has 1 unspecified atom stereocenters. The third-order valence-corrected chi connectivity index (χ3v) is 5.58. The van der Waals surface area contributed by atoms with Crippen LogP contribution < -0.4 is 11.1 Å². The average Bonchev–Trinajstić information content (AvgIpc) is 3.25. The van der Waals surface area contributed by atoms with Gasteiger partial charge in [-0.25, -0.2) is 9.67 Å². The lowest BCUT2D eigenvalue weighted by molar-refractivity contribution is -0.137. The first kappa shape index (κ1) is 21.3. The Morgan fingerprint density at radius 3 is 2.76 bits per heavy atom. The molecule has 0 radical (unpaired) electrons. The zero-order valence-corrected chi connectivity index (χ0v) is 16.8. The maximum Gasteiger partial charge on any atom is 0.416 e. The van der Waals surface area contributed by atoms with E-state index in [9.17, 15) is 18.0 Å². The van der Waals surface area contributed by atoms with Crippen molar-refractivity contribution in [2.75, 3.05) is 6.54 Å². The number of carbonyl (C=O) groups is 1. The molecule has 0 aliphatic rings. The maximum atomic E-state index is 12.9. The second kappa shape index (κ2) is 8.52. The molecule has 1 amide bonds. The first-order valence-corrected chi connectivity index (χ1v) is 9.69. The van der Waals surface area contributed by atoms with Crippen LogP contribution in [-0.2, 0) is 19.6 Å². The summed E-state index contributed by atoms with van der Waals surface area (Å²) in [7, 11) is 1.70. The summed E-state index contributed by atoms with van der Waals surface area (Å²) in [5.41, 5.74) is 5.98. The monoisotopic (exact) mass is 443 g/mol. The number of nitrogens with zero attached hydrogens (tertiary/aromatic N) is 3. The van der Waals surface area contributed by atoms with Crippen LogP contribution in [0, 0.1) is 0 Å². The van der Waals surface area contributed by atoms with Crippen LogP contribution in [0.4, 0.5) is 13.2 Å². The lowest BCUT2D eigenvalue weighted by Crippen LogP contribution is -2.41. The van der Waals surface area contributed by atoms with Crippen LogP contribution >= 0.6 is 22.9 Å². The molecule has 3 aromatic rings. The number of aromatic nitrogens is 3. The van der Waals surface area contributed by atoms with E-state index >= 15 is 0 Å². The summed E-state index contributed by atoms with van der Waals surface area (Å²) < 4.78 is 40.6. The van der Waals surface area contributed by atoms with E-state index in [-0.39, 0.29) is 13.0 Å². The van der Waals surface area contributed by atoms with Crippen LogP contribution in [0.1, 0.15) is 20.8 Å². The van der Waals surface area contributed by atoms with Gasteiger partial charge in [-0.15, -0.1) is 11.3 Å². The van der Waals surface area contributed by atoms with Crippen LogP contribution in [0.25, 0.3) is 11.4 Å². The van der Waals surface area contributed by atoms with Gasteiger partial charge in [0.2, 0.25) is 0 Å². The van der Waals surface area contributed by atoms with Gasteiger partial charge >= 0.3 is 6.18 Å². The molecular weight excluding hydrogens is 427 g/mol. The quantitative estimate of drug-likeness (QED) is 0.610. The summed E-state index contributed by atoms with van der Waals surface area (Å²) in [5.74, 6) is 0.109. The molecule has 11 heteroatoms. The number of rotatable bonds is 6. The second-order valence-corrected chi connectivity index (χ2v) is 7.97. The minimum atomic E-state index is -4.43. The number of alkyl halides is 3. The first-order valence-electron chi connectivity index (χ1n) is 8.49. The van der Waals surface area contributed by atoms with Crippen LogP contribution in [0.15, 0.2) is 36.7 Å². The van der Waals surface area contributed by atoms with Gasteiger partial charge in [-0.2, -0.15) is 18.3 Å². The van der Waals surface area contributed by atoms with Crippen molar-refractivity contribution in [2.24, 2.45) is 12.8 Å². The Kier molecular flexibility index (Phi) is 6.25. The summed E-state index contributed by atoms with van der Waals surface area (Å²) in [6, 6.07) is 6.02. The number of amides is 1. The molecule has 0 aliphatic carbocycles. The molecule has 3 rings (SSSR count). The van der Waals surface area contributed by atoms with Gasteiger partial charge in [-0.05, 0) is 24.1 Å². The van der Waals surface area contributed by atoms with Crippen LogP contribution in [0.2, 0.25) is 4.34 Å². The van der Waals surface area contributed by atoms with E-state index in [1.54, 1.807) is 19.2 Å². The standard InChI is InChI=1S/C18H17ClF3N5OS/c1-27-16(24-9-25-27)13-7-14(29-15(13)19)17(28)26-12(8-23)6-10-3-2-4-11(5-10)18(20,21)22/h2-5,7,9,12H,6,8,23H2,1H3,(H,26,28). The molecule has 3 N–H and O–H groups in total. The molecule has 0 fully saturated rings. The van der Waals surface area contributed by atoms with E-state index in [1.807, 2.05) is 0 Å². The SMILES string of the molecule is Cn1ncnc1-c1cc(C(=O)NC(CN)Cc2cccc(C(F)(F)F)c2)sc1Cl. The van der Waals surface area contributed by atoms with Gasteiger partial charge in [-0.1, -0.05) is 29.8 Å². The molecule has 0 saturated carbocycles. The molecule has 1 aromatic carbocycles. The molecule has 0 bridgehead atoms. The highest BCUT2D eigenvalue weighted by Crippen LogP contribution is 2.34. The Morgan fingerprint density at radius 1 is 1.38 bits per heavy atom. The van der Waals surface area contributed by atoms with Crippen LogP contribution in [0.5, 0.6) is 0 Å². The van der Waals surface area contributed by atoms with Crippen molar-refractivity contribution in [3.63, 3.8) is 0 Å². The van der Waals surface area contributed by atoms with E-state index in [0.717, 1.165) is 23.5 Å². The van der Waals surface area contributed by atoms with Crippen molar-refractivity contribution < 1.29 is 18.0 Å². The highest BCUT2D eigenvalue weighted by molar-refractivity contribution is 7.18. The number of hydrogen-bond acceptors (Lipinski definition) is 5. The van der Waals surface area contributed by atoms with Crippen molar-refractivity contribution in [2.45, 2.75) is 18.6 Å². The predicted octanol–water partition coefficient (Wildman–Crippen LogP) is 3.52. The van der Waals surface area contributed by atoms with Crippen molar-refractivity contribution in [1.82, 2.24) is 20.1 Å². The number of nitrogens with two attached hydrogens (primary N) is 1. The molecule has 0 aliphatic heterocycles. The van der Waals surface area contributed by atoms with Crippen LogP contribution in [0.3, 0.4) is 0 Å². The fourth-order valence-corrected chi connectivity index (χ4v) is 3.95.